The lowest BCUT2D eigenvalue weighted by atomic mass is 10.1. The molecule has 164 valence electrons. The minimum Gasteiger partial charge on any atom is -0.356 e. The van der Waals surface area contributed by atoms with E-state index in [4.69, 9.17) is 0 Å². The van der Waals surface area contributed by atoms with Crippen LogP contribution in [0.2, 0.25) is 0 Å². The van der Waals surface area contributed by atoms with Crippen molar-refractivity contribution >= 4 is 16.8 Å². The van der Waals surface area contributed by atoms with Crippen LogP contribution in [0, 0.1) is 12.7 Å². The van der Waals surface area contributed by atoms with E-state index in [1.807, 2.05) is 37.3 Å². The lowest BCUT2D eigenvalue weighted by molar-refractivity contribution is -0.121. The van der Waals surface area contributed by atoms with Crippen molar-refractivity contribution in [3.8, 4) is 5.69 Å². The predicted octanol–water partition coefficient (Wildman–Crippen LogP) is 3.17. The highest BCUT2D eigenvalue weighted by molar-refractivity contribution is 5.79. The van der Waals surface area contributed by atoms with Crippen LogP contribution in [0.1, 0.15) is 24.1 Å². The van der Waals surface area contributed by atoms with Gasteiger partial charge in [-0.05, 0) is 49.6 Å². The van der Waals surface area contributed by atoms with Crippen molar-refractivity contribution in [3.63, 3.8) is 0 Å². The van der Waals surface area contributed by atoms with Gasteiger partial charge in [0.15, 0.2) is 5.52 Å². The summed E-state index contributed by atoms with van der Waals surface area (Å²) in [6.45, 7) is 2.71. The summed E-state index contributed by atoms with van der Waals surface area (Å²) in [6.07, 6.45) is 3.30. The molecule has 0 saturated carbocycles. The van der Waals surface area contributed by atoms with Gasteiger partial charge in [0.2, 0.25) is 5.91 Å². The summed E-state index contributed by atoms with van der Waals surface area (Å²) in [5, 5.41) is 12.3. The van der Waals surface area contributed by atoms with Crippen LogP contribution in [-0.4, -0.2) is 32.0 Å². The molecule has 2 aromatic carbocycles. The Labute approximate surface area is 184 Å². The number of benzene rings is 2. The highest BCUT2D eigenvalue weighted by atomic mass is 19.1. The molecule has 0 spiro atoms. The zero-order chi connectivity index (χ0) is 22.5. The molecule has 0 radical (unpaired) electrons. The van der Waals surface area contributed by atoms with Crippen molar-refractivity contribution < 1.29 is 9.18 Å². The maximum Gasteiger partial charge on any atom is 0.295 e. The SMILES string of the molecule is Cc1nn(CCCC(=O)NCCc2ccccc2)c(=O)c2nn(-c3ccc(F)cc3)cc12. The molecule has 8 heteroatoms. The van der Waals surface area contributed by atoms with Gasteiger partial charge in [-0.1, -0.05) is 30.3 Å². The van der Waals surface area contributed by atoms with Crippen LogP contribution in [0.5, 0.6) is 0 Å². The van der Waals surface area contributed by atoms with Gasteiger partial charge in [0.05, 0.1) is 11.4 Å². The molecule has 2 aromatic heterocycles. The van der Waals surface area contributed by atoms with E-state index in [-0.39, 0.29) is 17.3 Å². The van der Waals surface area contributed by atoms with Gasteiger partial charge in [-0.15, -0.1) is 0 Å². The van der Waals surface area contributed by atoms with Crippen molar-refractivity contribution in [2.75, 3.05) is 6.54 Å². The Morgan fingerprint density at radius 2 is 1.81 bits per heavy atom. The average Bonchev–Trinajstić information content (AvgIpc) is 3.25. The number of carbonyl (C=O) groups excluding carboxylic acids is 1. The van der Waals surface area contributed by atoms with Crippen LogP contribution in [0.4, 0.5) is 4.39 Å². The van der Waals surface area contributed by atoms with E-state index in [9.17, 15) is 14.0 Å². The Morgan fingerprint density at radius 1 is 1.06 bits per heavy atom. The van der Waals surface area contributed by atoms with Crippen molar-refractivity contribution in [2.24, 2.45) is 0 Å². The summed E-state index contributed by atoms with van der Waals surface area (Å²) in [5.41, 5.74) is 2.48. The first kappa shape index (κ1) is 21.4. The second-order valence-electron chi connectivity index (χ2n) is 7.62. The zero-order valence-corrected chi connectivity index (χ0v) is 17.8. The van der Waals surface area contributed by atoms with Crippen LogP contribution < -0.4 is 10.9 Å². The second kappa shape index (κ2) is 9.55. The van der Waals surface area contributed by atoms with Crippen LogP contribution in [0.25, 0.3) is 16.6 Å². The number of fused-ring (bicyclic) bond motifs is 1. The van der Waals surface area contributed by atoms with E-state index in [1.54, 1.807) is 23.0 Å². The molecule has 32 heavy (non-hydrogen) atoms. The Morgan fingerprint density at radius 3 is 2.56 bits per heavy atom. The molecular formula is C24H24FN5O2. The third kappa shape index (κ3) is 4.91. The molecule has 0 unspecified atom stereocenters. The number of hydrogen-bond acceptors (Lipinski definition) is 4. The topological polar surface area (TPSA) is 81.8 Å². The lowest BCUT2D eigenvalue weighted by Crippen LogP contribution is -2.27. The number of amides is 1. The first-order valence-corrected chi connectivity index (χ1v) is 10.5. The van der Waals surface area contributed by atoms with E-state index in [1.165, 1.54) is 22.4 Å². The number of carbonyl (C=O) groups is 1. The number of nitrogens with zero attached hydrogens (tertiary/aromatic N) is 4. The first-order chi connectivity index (χ1) is 15.5. The maximum absolute atomic E-state index is 13.2. The highest BCUT2D eigenvalue weighted by Crippen LogP contribution is 2.16. The highest BCUT2D eigenvalue weighted by Gasteiger charge is 2.13. The Hall–Kier alpha value is -3.81. The van der Waals surface area contributed by atoms with E-state index in [0.717, 1.165) is 6.42 Å². The number of aromatic nitrogens is 4. The van der Waals surface area contributed by atoms with Crippen LogP contribution >= 0.6 is 0 Å². The van der Waals surface area contributed by atoms with Gasteiger partial charge in [0.1, 0.15) is 5.82 Å². The van der Waals surface area contributed by atoms with E-state index in [2.05, 4.69) is 15.5 Å². The quantitative estimate of drug-likeness (QED) is 0.463. The van der Waals surface area contributed by atoms with Crippen LogP contribution in [-0.2, 0) is 17.8 Å². The number of nitrogens with one attached hydrogen (secondary N) is 1. The van der Waals surface area contributed by atoms with Gasteiger partial charge in [-0.25, -0.2) is 13.8 Å². The molecule has 1 N–H and O–H groups in total. The van der Waals surface area contributed by atoms with Crippen LogP contribution in [0.15, 0.2) is 65.6 Å². The fraction of sp³-hybridized carbons (Fsp3) is 0.250. The molecule has 4 rings (SSSR count). The molecule has 2 heterocycles. The van der Waals surface area contributed by atoms with Crippen LogP contribution in [0.3, 0.4) is 0 Å². The van der Waals surface area contributed by atoms with Crippen molar-refractivity contribution in [1.29, 1.82) is 0 Å². The fourth-order valence-electron chi connectivity index (χ4n) is 3.55. The number of halogens is 1. The molecule has 4 aromatic rings. The standard InChI is InChI=1S/C24H24FN5O2/c1-17-21-16-30(20-11-9-19(25)10-12-20)28-23(21)24(32)29(27-17)15-5-8-22(31)26-14-13-18-6-3-2-4-7-18/h2-4,6-7,9-12,16H,5,8,13-15H2,1H3,(H,26,31). The zero-order valence-electron chi connectivity index (χ0n) is 17.8. The predicted molar refractivity (Wildman–Crippen MR) is 120 cm³/mol. The molecule has 0 aliphatic rings. The maximum atomic E-state index is 13.2. The summed E-state index contributed by atoms with van der Waals surface area (Å²) in [4.78, 5) is 25.0. The Kier molecular flexibility index (Phi) is 6.39. The summed E-state index contributed by atoms with van der Waals surface area (Å²) in [5.74, 6) is -0.387. The van der Waals surface area contributed by atoms with Gasteiger partial charge >= 0.3 is 0 Å². The normalized spacial score (nSPS) is 11.1. The van der Waals surface area contributed by atoms with Gasteiger partial charge < -0.3 is 5.32 Å². The lowest BCUT2D eigenvalue weighted by Gasteiger charge is -2.07. The number of hydrogen-bond donors (Lipinski definition) is 1. The fourth-order valence-corrected chi connectivity index (χ4v) is 3.55. The number of aryl methyl sites for hydroxylation is 2. The average molecular weight is 433 g/mol. The molecule has 0 aliphatic carbocycles. The Balaban J connectivity index is 1.38. The molecule has 0 fully saturated rings. The molecular weight excluding hydrogens is 409 g/mol. The summed E-state index contributed by atoms with van der Waals surface area (Å²) >= 11 is 0. The van der Waals surface area contributed by atoms with E-state index >= 15 is 0 Å². The summed E-state index contributed by atoms with van der Waals surface area (Å²) in [7, 11) is 0. The molecule has 7 nitrogen and oxygen atoms in total. The number of rotatable bonds is 8. The smallest absolute Gasteiger partial charge is 0.295 e. The monoisotopic (exact) mass is 433 g/mol. The minimum absolute atomic E-state index is 0.0487. The van der Waals surface area contributed by atoms with E-state index < -0.39 is 0 Å². The molecule has 0 atom stereocenters. The third-order valence-corrected chi connectivity index (χ3v) is 5.26. The van der Waals surface area contributed by atoms with Gasteiger partial charge in [-0.2, -0.15) is 10.2 Å². The van der Waals surface area contributed by atoms with Crippen molar-refractivity contribution in [1.82, 2.24) is 24.9 Å². The van der Waals surface area contributed by atoms with E-state index in [0.29, 0.717) is 48.2 Å². The molecule has 0 bridgehead atoms. The second-order valence-corrected chi connectivity index (χ2v) is 7.62. The molecule has 0 saturated heterocycles. The van der Waals surface area contributed by atoms with Crippen molar-refractivity contribution in [3.05, 3.63) is 88.2 Å². The molecule has 1 amide bonds. The third-order valence-electron chi connectivity index (χ3n) is 5.26. The minimum atomic E-state index is -0.338. The summed E-state index contributed by atoms with van der Waals surface area (Å²) < 4.78 is 16.1. The largest absolute Gasteiger partial charge is 0.356 e. The first-order valence-electron chi connectivity index (χ1n) is 10.5. The Bertz CT molecular complexity index is 1280. The van der Waals surface area contributed by atoms with Gasteiger partial charge in [0.25, 0.3) is 5.56 Å². The van der Waals surface area contributed by atoms with Gasteiger partial charge in [-0.3, -0.25) is 9.59 Å². The van der Waals surface area contributed by atoms with Crippen molar-refractivity contribution in [2.45, 2.75) is 32.7 Å². The summed E-state index contributed by atoms with van der Waals surface area (Å²) in [6, 6.07) is 15.8. The molecule has 0 aliphatic heterocycles. The van der Waals surface area contributed by atoms with Gasteiger partial charge in [0, 0.05) is 31.1 Å².